The van der Waals surface area contributed by atoms with Gasteiger partial charge in [-0.15, -0.1) is 0 Å². The van der Waals surface area contributed by atoms with E-state index in [4.69, 9.17) is 0 Å². The van der Waals surface area contributed by atoms with Crippen molar-refractivity contribution >= 4 is 5.97 Å². The molecule has 3 nitrogen and oxygen atoms in total. The Morgan fingerprint density at radius 2 is 1.88 bits per heavy atom. The fourth-order valence-electron chi connectivity index (χ4n) is 3.28. The number of rotatable bonds is 3. The summed E-state index contributed by atoms with van der Waals surface area (Å²) in [7, 11) is 0. The van der Waals surface area contributed by atoms with Gasteiger partial charge in [0.25, 0.3) is 0 Å². The van der Waals surface area contributed by atoms with Crippen LogP contribution in [0.1, 0.15) is 53.9 Å². The highest BCUT2D eigenvalue weighted by atomic mass is 16.4. The number of hydrogen-bond donors (Lipinski definition) is 2. The van der Waals surface area contributed by atoms with Crippen molar-refractivity contribution in [1.82, 2.24) is 0 Å². The minimum absolute atomic E-state index is 0.0739. The lowest BCUT2D eigenvalue weighted by molar-refractivity contribution is -0.188. The summed E-state index contributed by atoms with van der Waals surface area (Å²) in [4.78, 5) is 11.4. The van der Waals surface area contributed by atoms with Crippen molar-refractivity contribution in [2.45, 2.75) is 59.5 Å². The minimum atomic E-state index is -1.09. The Hall–Kier alpha value is -0.570. The topological polar surface area (TPSA) is 57.5 Å². The van der Waals surface area contributed by atoms with Gasteiger partial charge in [0.1, 0.15) is 0 Å². The molecule has 0 aliphatic heterocycles. The third kappa shape index (κ3) is 2.35. The van der Waals surface area contributed by atoms with E-state index in [2.05, 4.69) is 20.8 Å². The maximum atomic E-state index is 11.4. The SMILES string of the molecule is CC1CCC(C(C)C)C(O)(C(C)(C)C(=O)O)C1. The average molecular weight is 242 g/mol. The maximum Gasteiger partial charge on any atom is 0.312 e. The summed E-state index contributed by atoms with van der Waals surface area (Å²) in [5.74, 6) is -0.121. The average Bonchev–Trinajstić information content (AvgIpc) is 2.16. The van der Waals surface area contributed by atoms with Gasteiger partial charge in [0, 0.05) is 0 Å². The summed E-state index contributed by atoms with van der Waals surface area (Å²) in [5, 5.41) is 20.4. The Labute approximate surface area is 104 Å². The third-order valence-corrected chi connectivity index (χ3v) is 4.67. The summed E-state index contributed by atoms with van der Waals surface area (Å²) >= 11 is 0. The van der Waals surface area contributed by atoms with E-state index in [1.807, 2.05) is 0 Å². The van der Waals surface area contributed by atoms with Gasteiger partial charge in [-0.1, -0.05) is 27.2 Å². The lowest BCUT2D eigenvalue weighted by Crippen LogP contribution is -2.58. The molecule has 1 rings (SSSR count). The van der Waals surface area contributed by atoms with E-state index in [-0.39, 0.29) is 5.92 Å². The molecule has 3 unspecified atom stereocenters. The molecule has 0 aromatic heterocycles. The maximum absolute atomic E-state index is 11.4. The zero-order valence-corrected chi connectivity index (χ0v) is 11.7. The van der Waals surface area contributed by atoms with Crippen molar-refractivity contribution in [2.24, 2.45) is 23.2 Å². The van der Waals surface area contributed by atoms with Gasteiger partial charge in [-0.2, -0.15) is 0 Å². The summed E-state index contributed by atoms with van der Waals surface area (Å²) in [6, 6.07) is 0. The van der Waals surface area contributed by atoms with Crippen LogP contribution in [0, 0.1) is 23.2 Å². The first kappa shape index (κ1) is 14.5. The molecule has 0 spiro atoms. The molecule has 3 heteroatoms. The van der Waals surface area contributed by atoms with E-state index < -0.39 is 17.0 Å². The van der Waals surface area contributed by atoms with E-state index in [1.165, 1.54) is 0 Å². The molecule has 0 amide bonds. The van der Waals surface area contributed by atoms with Crippen LogP contribution in [-0.2, 0) is 4.79 Å². The molecule has 0 aromatic carbocycles. The Kier molecular flexibility index (Phi) is 3.92. The predicted molar refractivity (Wildman–Crippen MR) is 67.7 cm³/mol. The van der Waals surface area contributed by atoms with E-state index in [0.29, 0.717) is 18.3 Å². The van der Waals surface area contributed by atoms with Crippen LogP contribution in [0.3, 0.4) is 0 Å². The number of aliphatic hydroxyl groups is 1. The smallest absolute Gasteiger partial charge is 0.312 e. The van der Waals surface area contributed by atoms with Crippen molar-refractivity contribution in [3.63, 3.8) is 0 Å². The van der Waals surface area contributed by atoms with Crippen molar-refractivity contribution in [2.75, 3.05) is 0 Å². The molecule has 0 aromatic rings. The molecule has 2 N–H and O–H groups in total. The summed E-state index contributed by atoms with van der Waals surface area (Å²) < 4.78 is 0. The Bertz CT molecular complexity index is 296. The fraction of sp³-hybridized carbons (Fsp3) is 0.929. The molecule has 1 fully saturated rings. The van der Waals surface area contributed by atoms with Crippen LogP contribution < -0.4 is 0 Å². The molecular formula is C14H26O3. The Balaban J connectivity index is 3.13. The number of aliphatic carboxylic acids is 1. The molecule has 1 aliphatic rings. The highest BCUT2D eigenvalue weighted by Gasteiger charge is 2.56. The fourth-order valence-corrected chi connectivity index (χ4v) is 3.28. The standard InChI is InChI=1S/C14H26O3/c1-9(2)11-7-6-10(3)8-14(11,17)13(4,5)12(15)16/h9-11,17H,6-8H2,1-5H3,(H,15,16). The van der Waals surface area contributed by atoms with Crippen LogP contribution in [-0.4, -0.2) is 21.8 Å². The number of carboxylic acids is 1. The lowest BCUT2D eigenvalue weighted by Gasteiger charge is -2.51. The van der Waals surface area contributed by atoms with Crippen molar-refractivity contribution in [1.29, 1.82) is 0 Å². The molecule has 0 radical (unpaired) electrons. The molecule has 100 valence electrons. The van der Waals surface area contributed by atoms with Gasteiger partial charge in [-0.25, -0.2) is 0 Å². The summed E-state index contributed by atoms with van der Waals surface area (Å²) in [6.07, 6.45) is 2.60. The third-order valence-electron chi connectivity index (χ3n) is 4.67. The monoisotopic (exact) mass is 242 g/mol. The van der Waals surface area contributed by atoms with Gasteiger partial charge >= 0.3 is 5.97 Å². The van der Waals surface area contributed by atoms with Crippen molar-refractivity contribution < 1.29 is 15.0 Å². The highest BCUT2D eigenvalue weighted by Crippen LogP contribution is 2.50. The van der Waals surface area contributed by atoms with Gasteiger partial charge in [-0.3, -0.25) is 4.79 Å². The van der Waals surface area contributed by atoms with Gasteiger partial charge in [0.2, 0.25) is 0 Å². The zero-order chi connectivity index (χ0) is 13.4. The van der Waals surface area contributed by atoms with Crippen LogP contribution in [0.4, 0.5) is 0 Å². The minimum Gasteiger partial charge on any atom is -0.481 e. The van der Waals surface area contributed by atoms with Gasteiger partial charge in [0.05, 0.1) is 11.0 Å². The summed E-state index contributed by atoms with van der Waals surface area (Å²) in [5.41, 5.74) is -2.18. The first-order valence-corrected chi connectivity index (χ1v) is 6.58. The van der Waals surface area contributed by atoms with Gasteiger partial charge in [-0.05, 0) is 44.4 Å². The second-order valence-electron chi connectivity index (χ2n) is 6.59. The van der Waals surface area contributed by atoms with Crippen LogP contribution >= 0.6 is 0 Å². The van der Waals surface area contributed by atoms with E-state index in [1.54, 1.807) is 13.8 Å². The second-order valence-corrected chi connectivity index (χ2v) is 6.59. The number of hydrogen-bond acceptors (Lipinski definition) is 2. The molecular weight excluding hydrogens is 216 g/mol. The second kappa shape index (κ2) is 4.60. The van der Waals surface area contributed by atoms with Crippen LogP contribution in [0.5, 0.6) is 0 Å². The molecule has 1 aliphatic carbocycles. The number of carboxylic acid groups (broad SMARTS) is 1. The molecule has 3 atom stereocenters. The van der Waals surface area contributed by atoms with Crippen LogP contribution in [0.25, 0.3) is 0 Å². The molecule has 17 heavy (non-hydrogen) atoms. The van der Waals surface area contributed by atoms with Crippen LogP contribution in [0.15, 0.2) is 0 Å². The van der Waals surface area contributed by atoms with Crippen molar-refractivity contribution in [3.8, 4) is 0 Å². The first-order chi connectivity index (χ1) is 7.63. The highest BCUT2D eigenvalue weighted by molar-refractivity contribution is 5.75. The Morgan fingerprint density at radius 1 is 1.35 bits per heavy atom. The molecule has 0 bridgehead atoms. The van der Waals surface area contributed by atoms with E-state index in [0.717, 1.165) is 12.8 Å². The van der Waals surface area contributed by atoms with Crippen molar-refractivity contribution in [3.05, 3.63) is 0 Å². The van der Waals surface area contributed by atoms with Gasteiger partial charge in [0.15, 0.2) is 0 Å². The lowest BCUT2D eigenvalue weighted by atomic mass is 9.57. The first-order valence-electron chi connectivity index (χ1n) is 6.58. The van der Waals surface area contributed by atoms with Gasteiger partial charge < -0.3 is 10.2 Å². The quantitative estimate of drug-likeness (QED) is 0.800. The number of carbonyl (C=O) groups is 1. The molecule has 0 heterocycles. The zero-order valence-electron chi connectivity index (χ0n) is 11.7. The normalized spacial score (nSPS) is 35.0. The molecule has 1 saturated carbocycles. The molecule has 0 saturated heterocycles. The van der Waals surface area contributed by atoms with E-state index in [9.17, 15) is 15.0 Å². The Morgan fingerprint density at radius 3 is 2.29 bits per heavy atom. The van der Waals surface area contributed by atoms with E-state index >= 15 is 0 Å². The summed E-state index contributed by atoms with van der Waals surface area (Å²) in [6.45, 7) is 9.55. The predicted octanol–water partition coefficient (Wildman–Crippen LogP) is 2.92. The largest absolute Gasteiger partial charge is 0.481 e. The van der Waals surface area contributed by atoms with Crippen LogP contribution in [0.2, 0.25) is 0 Å².